The SMILES string of the molecule is CCOC(=O)C1=C(C)NC2=C(C(=O)CCC2)C1c1ccc(OCc2ccc(Cl)cc2)c(OC)c1. The fourth-order valence-corrected chi connectivity index (χ4v) is 4.65. The van der Waals surface area contributed by atoms with E-state index in [-0.39, 0.29) is 12.4 Å². The van der Waals surface area contributed by atoms with E-state index in [1.54, 1.807) is 14.0 Å². The van der Waals surface area contributed by atoms with Gasteiger partial charge >= 0.3 is 5.97 Å². The van der Waals surface area contributed by atoms with E-state index in [2.05, 4.69) is 5.32 Å². The molecule has 2 aromatic carbocycles. The van der Waals surface area contributed by atoms with Gasteiger partial charge in [0.15, 0.2) is 17.3 Å². The normalized spacial score (nSPS) is 17.8. The number of nitrogens with one attached hydrogen (secondary N) is 1. The molecule has 0 fully saturated rings. The van der Waals surface area contributed by atoms with Gasteiger partial charge in [-0.1, -0.05) is 29.8 Å². The van der Waals surface area contributed by atoms with E-state index in [0.717, 1.165) is 29.7 Å². The molecule has 1 aliphatic heterocycles. The highest BCUT2D eigenvalue weighted by molar-refractivity contribution is 6.30. The maximum absolute atomic E-state index is 13.0. The molecule has 1 heterocycles. The average Bonchev–Trinajstić information content (AvgIpc) is 2.83. The summed E-state index contributed by atoms with van der Waals surface area (Å²) in [6.07, 6.45) is 2.02. The monoisotopic (exact) mass is 481 g/mol. The van der Waals surface area contributed by atoms with Crippen LogP contribution < -0.4 is 14.8 Å². The van der Waals surface area contributed by atoms with Gasteiger partial charge in [0.2, 0.25) is 0 Å². The first-order valence-electron chi connectivity index (χ1n) is 11.4. The molecule has 7 heteroatoms. The zero-order valence-electron chi connectivity index (χ0n) is 19.6. The number of Topliss-reactive ketones (excluding diaryl/α,β-unsaturated/α-hetero) is 1. The molecule has 0 spiro atoms. The van der Waals surface area contributed by atoms with E-state index in [4.69, 9.17) is 25.8 Å². The Kier molecular flexibility index (Phi) is 7.27. The number of carbonyl (C=O) groups is 2. The number of ketones is 1. The minimum atomic E-state index is -0.526. The Morgan fingerprint density at radius 2 is 1.88 bits per heavy atom. The Morgan fingerprint density at radius 3 is 2.59 bits per heavy atom. The number of rotatable bonds is 7. The van der Waals surface area contributed by atoms with Crippen LogP contribution in [0.15, 0.2) is 65.0 Å². The van der Waals surface area contributed by atoms with Crippen LogP contribution in [0.1, 0.15) is 50.2 Å². The molecule has 178 valence electrons. The molecule has 1 N–H and O–H groups in total. The molecule has 0 saturated carbocycles. The molecule has 0 bridgehead atoms. The highest BCUT2D eigenvalue weighted by Gasteiger charge is 2.39. The molecule has 2 aromatic rings. The number of dihydropyridines is 1. The van der Waals surface area contributed by atoms with Crippen LogP contribution in [0, 0.1) is 0 Å². The van der Waals surface area contributed by atoms with Crippen LogP contribution in [0.2, 0.25) is 5.02 Å². The van der Waals surface area contributed by atoms with E-state index in [1.165, 1.54) is 0 Å². The molecular formula is C27H28ClNO5. The summed E-state index contributed by atoms with van der Waals surface area (Å²) in [6, 6.07) is 13.0. The van der Waals surface area contributed by atoms with Crippen molar-refractivity contribution in [2.45, 2.75) is 45.6 Å². The number of ether oxygens (including phenoxy) is 3. The Morgan fingerprint density at radius 1 is 1.12 bits per heavy atom. The molecule has 1 unspecified atom stereocenters. The predicted molar refractivity (Wildman–Crippen MR) is 130 cm³/mol. The van der Waals surface area contributed by atoms with Gasteiger partial charge in [0.05, 0.1) is 19.3 Å². The number of carbonyl (C=O) groups excluding carboxylic acids is 2. The summed E-state index contributed by atoms with van der Waals surface area (Å²) in [7, 11) is 1.57. The van der Waals surface area contributed by atoms with E-state index in [0.29, 0.717) is 46.4 Å². The fourth-order valence-electron chi connectivity index (χ4n) is 4.52. The molecule has 6 nitrogen and oxygen atoms in total. The van der Waals surface area contributed by atoms with Crippen LogP contribution in [0.25, 0.3) is 0 Å². The number of hydrogen-bond acceptors (Lipinski definition) is 6. The Balaban J connectivity index is 1.71. The van der Waals surface area contributed by atoms with Gasteiger partial charge < -0.3 is 19.5 Å². The molecule has 4 rings (SSSR count). The van der Waals surface area contributed by atoms with Crippen molar-refractivity contribution in [3.63, 3.8) is 0 Å². The van der Waals surface area contributed by atoms with Crippen LogP contribution in [-0.2, 0) is 20.9 Å². The summed E-state index contributed by atoms with van der Waals surface area (Å²) in [4.78, 5) is 26.0. The van der Waals surface area contributed by atoms with Crippen LogP contribution in [0.4, 0.5) is 0 Å². The number of hydrogen-bond donors (Lipinski definition) is 1. The second-order valence-corrected chi connectivity index (χ2v) is 8.75. The highest BCUT2D eigenvalue weighted by atomic mass is 35.5. The van der Waals surface area contributed by atoms with Crippen molar-refractivity contribution in [3.05, 3.63) is 81.2 Å². The first kappa shape index (κ1) is 23.9. The maximum atomic E-state index is 13.0. The van der Waals surface area contributed by atoms with E-state index in [1.807, 2.05) is 49.4 Å². The Bertz CT molecular complexity index is 1170. The van der Waals surface area contributed by atoms with E-state index < -0.39 is 11.9 Å². The molecular weight excluding hydrogens is 454 g/mol. The van der Waals surface area contributed by atoms with Gasteiger partial charge in [-0.05, 0) is 62.1 Å². The summed E-state index contributed by atoms with van der Waals surface area (Å²) in [6.45, 7) is 4.22. The van der Waals surface area contributed by atoms with Crippen molar-refractivity contribution in [1.82, 2.24) is 5.32 Å². The van der Waals surface area contributed by atoms with Crippen LogP contribution in [0.3, 0.4) is 0 Å². The number of esters is 1. The lowest BCUT2D eigenvalue weighted by Gasteiger charge is -2.34. The largest absolute Gasteiger partial charge is 0.493 e. The standard InChI is InChI=1S/C27H28ClNO5/c1-4-33-27(31)24-16(2)29-20-6-5-7-21(30)26(20)25(24)18-10-13-22(23(14-18)32-3)34-15-17-8-11-19(28)12-9-17/h8-14,25,29H,4-7,15H2,1-3H3. The highest BCUT2D eigenvalue weighted by Crippen LogP contribution is 2.44. The van der Waals surface area contributed by atoms with Gasteiger partial charge in [0.25, 0.3) is 0 Å². The molecule has 34 heavy (non-hydrogen) atoms. The van der Waals surface area contributed by atoms with Gasteiger partial charge in [0, 0.05) is 34.3 Å². The van der Waals surface area contributed by atoms with E-state index >= 15 is 0 Å². The first-order valence-corrected chi connectivity index (χ1v) is 11.8. The van der Waals surface area contributed by atoms with E-state index in [9.17, 15) is 9.59 Å². The molecule has 0 radical (unpaired) electrons. The van der Waals surface area contributed by atoms with Crippen molar-refractivity contribution >= 4 is 23.4 Å². The fraction of sp³-hybridized carbons (Fsp3) is 0.333. The quantitative estimate of drug-likeness (QED) is 0.529. The molecule has 0 saturated heterocycles. The topological polar surface area (TPSA) is 73.9 Å². The van der Waals surface area contributed by atoms with Crippen molar-refractivity contribution in [2.75, 3.05) is 13.7 Å². The van der Waals surface area contributed by atoms with Gasteiger partial charge in [-0.25, -0.2) is 4.79 Å². The molecule has 0 aromatic heterocycles. The zero-order valence-corrected chi connectivity index (χ0v) is 20.3. The van der Waals surface area contributed by atoms with Crippen molar-refractivity contribution in [2.24, 2.45) is 0 Å². The smallest absolute Gasteiger partial charge is 0.336 e. The summed E-state index contributed by atoms with van der Waals surface area (Å²) in [5.74, 6) is 0.191. The lowest BCUT2D eigenvalue weighted by atomic mass is 9.75. The zero-order chi connectivity index (χ0) is 24.2. The lowest BCUT2D eigenvalue weighted by Crippen LogP contribution is -2.34. The summed E-state index contributed by atoms with van der Waals surface area (Å²) in [5, 5.41) is 3.96. The third kappa shape index (κ3) is 4.82. The second kappa shape index (κ2) is 10.3. The summed E-state index contributed by atoms with van der Waals surface area (Å²) < 4.78 is 17.0. The summed E-state index contributed by atoms with van der Waals surface area (Å²) in [5.41, 5.74) is 4.43. The molecule has 2 aliphatic rings. The lowest BCUT2D eigenvalue weighted by molar-refractivity contribution is -0.138. The number of benzene rings is 2. The first-order chi connectivity index (χ1) is 16.4. The van der Waals surface area contributed by atoms with Crippen molar-refractivity contribution in [3.8, 4) is 11.5 Å². The molecule has 0 amide bonds. The number of methoxy groups -OCH3 is 1. The Labute approximate surface area is 204 Å². The minimum absolute atomic E-state index is 0.0510. The van der Waals surface area contributed by atoms with Crippen molar-refractivity contribution < 1.29 is 23.8 Å². The van der Waals surface area contributed by atoms with Gasteiger partial charge in [-0.2, -0.15) is 0 Å². The molecule has 1 atom stereocenters. The number of allylic oxidation sites excluding steroid dienone is 3. The molecule has 1 aliphatic carbocycles. The third-order valence-corrected chi connectivity index (χ3v) is 6.35. The maximum Gasteiger partial charge on any atom is 0.336 e. The van der Waals surface area contributed by atoms with Crippen LogP contribution >= 0.6 is 11.6 Å². The van der Waals surface area contributed by atoms with Crippen molar-refractivity contribution in [1.29, 1.82) is 0 Å². The minimum Gasteiger partial charge on any atom is -0.493 e. The van der Waals surface area contributed by atoms with Gasteiger partial charge in [-0.3, -0.25) is 4.79 Å². The van der Waals surface area contributed by atoms with Gasteiger partial charge in [-0.15, -0.1) is 0 Å². The van der Waals surface area contributed by atoms with Crippen LogP contribution in [0.5, 0.6) is 11.5 Å². The van der Waals surface area contributed by atoms with Gasteiger partial charge in [0.1, 0.15) is 6.61 Å². The Hall–Kier alpha value is -3.25. The number of halogens is 1. The second-order valence-electron chi connectivity index (χ2n) is 8.31. The predicted octanol–water partition coefficient (Wildman–Crippen LogP) is 5.46. The van der Waals surface area contributed by atoms with Crippen LogP contribution in [-0.4, -0.2) is 25.5 Å². The summed E-state index contributed by atoms with van der Waals surface area (Å²) >= 11 is 5.96. The third-order valence-electron chi connectivity index (χ3n) is 6.10. The average molecular weight is 482 g/mol.